The summed E-state index contributed by atoms with van der Waals surface area (Å²) in [7, 11) is 0. The van der Waals surface area contributed by atoms with Crippen LogP contribution in [0, 0.1) is 5.92 Å². The molecule has 2 atom stereocenters. The second kappa shape index (κ2) is 5.96. The number of aryl methyl sites for hydroxylation is 1. The van der Waals surface area contributed by atoms with Crippen molar-refractivity contribution in [3.05, 3.63) is 35.4 Å². The highest BCUT2D eigenvalue weighted by atomic mass is 16.2. The smallest absolute Gasteiger partial charge is 0.240 e. The molecule has 2 aliphatic heterocycles. The number of carbonyl (C=O) groups excluding carboxylic acids is 1. The van der Waals surface area contributed by atoms with Gasteiger partial charge in [-0.05, 0) is 49.3 Å². The summed E-state index contributed by atoms with van der Waals surface area (Å²) >= 11 is 0. The van der Waals surface area contributed by atoms with E-state index in [1.54, 1.807) is 0 Å². The minimum absolute atomic E-state index is 0.0315. The van der Waals surface area contributed by atoms with Crippen molar-refractivity contribution < 1.29 is 4.79 Å². The van der Waals surface area contributed by atoms with Gasteiger partial charge in [0.15, 0.2) is 0 Å². The van der Waals surface area contributed by atoms with Gasteiger partial charge in [0.25, 0.3) is 0 Å². The van der Waals surface area contributed by atoms with Gasteiger partial charge in [0.2, 0.25) is 5.91 Å². The fraction of sp³-hybridized carbons (Fsp3) is 0.588. The third-order valence-electron chi connectivity index (χ3n) is 4.63. The van der Waals surface area contributed by atoms with Gasteiger partial charge < -0.3 is 10.2 Å². The van der Waals surface area contributed by atoms with Crippen LogP contribution in [0.25, 0.3) is 0 Å². The van der Waals surface area contributed by atoms with Crippen LogP contribution in [0.15, 0.2) is 24.3 Å². The molecule has 3 rings (SSSR count). The summed E-state index contributed by atoms with van der Waals surface area (Å²) in [6, 6.07) is 8.57. The molecule has 0 aliphatic carbocycles. The predicted octanol–water partition coefficient (Wildman–Crippen LogP) is 2.35. The van der Waals surface area contributed by atoms with E-state index in [1.165, 1.54) is 17.5 Å². The zero-order valence-corrected chi connectivity index (χ0v) is 12.3. The molecule has 2 unspecified atom stereocenters. The molecule has 1 N–H and O–H groups in total. The van der Waals surface area contributed by atoms with Crippen molar-refractivity contribution in [2.75, 3.05) is 13.1 Å². The topological polar surface area (TPSA) is 32.3 Å². The Morgan fingerprint density at radius 2 is 2.10 bits per heavy atom. The summed E-state index contributed by atoms with van der Waals surface area (Å²) in [4.78, 5) is 14.8. The maximum atomic E-state index is 12.7. The van der Waals surface area contributed by atoms with E-state index in [2.05, 4.69) is 41.4 Å². The van der Waals surface area contributed by atoms with Crippen LogP contribution >= 0.6 is 0 Å². The van der Waals surface area contributed by atoms with Gasteiger partial charge in [-0.2, -0.15) is 0 Å². The van der Waals surface area contributed by atoms with Crippen LogP contribution in [0.4, 0.5) is 0 Å². The Hall–Kier alpha value is -1.35. The van der Waals surface area contributed by atoms with Crippen LogP contribution in [-0.4, -0.2) is 29.9 Å². The number of piperidine rings is 1. The normalized spacial score (nSPS) is 26.8. The number of fused-ring (bicyclic) bond motifs is 1. The highest BCUT2D eigenvalue weighted by molar-refractivity contribution is 5.82. The van der Waals surface area contributed by atoms with Crippen LogP contribution in [0.5, 0.6) is 0 Å². The van der Waals surface area contributed by atoms with E-state index in [0.717, 1.165) is 38.9 Å². The average molecular weight is 272 g/mol. The third kappa shape index (κ3) is 2.88. The van der Waals surface area contributed by atoms with Crippen molar-refractivity contribution in [2.45, 2.75) is 45.2 Å². The Bertz CT molecular complexity index is 486. The lowest BCUT2D eigenvalue weighted by Gasteiger charge is -2.32. The van der Waals surface area contributed by atoms with Gasteiger partial charge >= 0.3 is 0 Å². The van der Waals surface area contributed by atoms with Crippen molar-refractivity contribution in [1.29, 1.82) is 0 Å². The fourth-order valence-corrected chi connectivity index (χ4v) is 3.40. The Morgan fingerprint density at radius 3 is 2.90 bits per heavy atom. The van der Waals surface area contributed by atoms with Gasteiger partial charge in [-0.15, -0.1) is 0 Å². The molecule has 1 aromatic carbocycles. The summed E-state index contributed by atoms with van der Waals surface area (Å²) < 4.78 is 0. The number of nitrogens with zero attached hydrogens (tertiary/aromatic N) is 1. The number of hydrogen-bond donors (Lipinski definition) is 1. The molecule has 0 spiro atoms. The second-order valence-electron chi connectivity index (χ2n) is 6.27. The first-order valence-electron chi connectivity index (χ1n) is 7.83. The molecular weight excluding hydrogens is 248 g/mol. The number of benzene rings is 1. The lowest BCUT2D eigenvalue weighted by atomic mass is 9.93. The van der Waals surface area contributed by atoms with E-state index in [0.29, 0.717) is 11.8 Å². The number of carbonyl (C=O) groups is 1. The summed E-state index contributed by atoms with van der Waals surface area (Å²) in [5.41, 5.74) is 2.73. The van der Waals surface area contributed by atoms with Crippen LogP contribution in [0.1, 0.15) is 37.3 Å². The van der Waals surface area contributed by atoms with Crippen LogP contribution < -0.4 is 5.32 Å². The molecule has 0 radical (unpaired) electrons. The quantitative estimate of drug-likeness (QED) is 0.851. The Balaban J connectivity index is 1.72. The van der Waals surface area contributed by atoms with Gasteiger partial charge in [-0.1, -0.05) is 31.2 Å². The van der Waals surface area contributed by atoms with Gasteiger partial charge in [0.05, 0.1) is 6.04 Å². The van der Waals surface area contributed by atoms with Gasteiger partial charge in [0, 0.05) is 13.1 Å². The summed E-state index contributed by atoms with van der Waals surface area (Å²) in [6.45, 7) is 4.89. The van der Waals surface area contributed by atoms with Crippen molar-refractivity contribution in [1.82, 2.24) is 10.2 Å². The molecule has 108 valence electrons. The molecule has 2 heterocycles. The Kier molecular flexibility index (Phi) is 4.06. The van der Waals surface area contributed by atoms with Crippen molar-refractivity contribution in [3.63, 3.8) is 0 Å². The maximum Gasteiger partial charge on any atom is 0.240 e. The van der Waals surface area contributed by atoms with E-state index in [9.17, 15) is 4.79 Å². The summed E-state index contributed by atoms with van der Waals surface area (Å²) in [5, 5.41) is 3.40. The minimum atomic E-state index is 0.0315. The first kappa shape index (κ1) is 13.6. The Morgan fingerprint density at radius 1 is 1.30 bits per heavy atom. The van der Waals surface area contributed by atoms with Crippen LogP contribution in [0.2, 0.25) is 0 Å². The lowest BCUT2D eigenvalue weighted by molar-refractivity contribution is -0.135. The summed E-state index contributed by atoms with van der Waals surface area (Å²) in [5.74, 6) is 0.956. The number of amides is 1. The summed E-state index contributed by atoms with van der Waals surface area (Å²) in [6.07, 6.45) is 4.34. The average Bonchev–Trinajstić information content (AvgIpc) is 2.68. The molecule has 2 aliphatic rings. The number of nitrogens with one attached hydrogen (secondary N) is 1. The SMILES string of the molecule is CC1CCNC(C(=O)N2CCCc3ccccc3C2)C1. The van der Waals surface area contributed by atoms with Crippen molar-refractivity contribution in [2.24, 2.45) is 5.92 Å². The molecule has 1 saturated heterocycles. The van der Waals surface area contributed by atoms with Gasteiger partial charge in [-0.3, -0.25) is 4.79 Å². The Labute approximate surface area is 121 Å². The minimum Gasteiger partial charge on any atom is -0.337 e. The van der Waals surface area contributed by atoms with E-state index in [1.807, 2.05) is 0 Å². The van der Waals surface area contributed by atoms with Gasteiger partial charge in [0.1, 0.15) is 0 Å². The number of hydrogen-bond acceptors (Lipinski definition) is 2. The molecule has 1 fully saturated rings. The number of rotatable bonds is 1. The molecule has 1 aromatic rings. The third-order valence-corrected chi connectivity index (χ3v) is 4.63. The second-order valence-corrected chi connectivity index (χ2v) is 6.27. The largest absolute Gasteiger partial charge is 0.337 e. The molecule has 0 aromatic heterocycles. The molecule has 0 bridgehead atoms. The fourth-order valence-electron chi connectivity index (χ4n) is 3.40. The molecule has 3 heteroatoms. The van der Waals surface area contributed by atoms with Crippen molar-refractivity contribution >= 4 is 5.91 Å². The highest BCUT2D eigenvalue weighted by Crippen LogP contribution is 2.21. The van der Waals surface area contributed by atoms with Gasteiger partial charge in [-0.25, -0.2) is 0 Å². The predicted molar refractivity (Wildman–Crippen MR) is 80.4 cm³/mol. The molecule has 20 heavy (non-hydrogen) atoms. The monoisotopic (exact) mass is 272 g/mol. The highest BCUT2D eigenvalue weighted by Gasteiger charge is 2.29. The first-order valence-corrected chi connectivity index (χ1v) is 7.83. The molecule has 1 amide bonds. The van der Waals surface area contributed by atoms with Crippen LogP contribution in [-0.2, 0) is 17.8 Å². The standard InChI is InChI=1S/C17H24N2O/c1-13-8-9-18-16(11-13)17(20)19-10-4-7-14-5-2-3-6-15(14)12-19/h2-3,5-6,13,16,18H,4,7-12H2,1H3. The molecular formula is C17H24N2O. The van der Waals surface area contributed by atoms with E-state index < -0.39 is 0 Å². The van der Waals surface area contributed by atoms with Crippen LogP contribution in [0.3, 0.4) is 0 Å². The first-order chi connectivity index (χ1) is 9.74. The zero-order chi connectivity index (χ0) is 13.9. The lowest BCUT2D eigenvalue weighted by Crippen LogP contribution is -2.49. The zero-order valence-electron chi connectivity index (χ0n) is 12.3. The molecule has 3 nitrogen and oxygen atoms in total. The maximum absolute atomic E-state index is 12.7. The van der Waals surface area contributed by atoms with E-state index in [-0.39, 0.29) is 6.04 Å². The van der Waals surface area contributed by atoms with E-state index in [4.69, 9.17) is 0 Å². The van der Waals surface area contributed by atoms with Crippen molar-refractivity contribution in [3.8, 4) is 0 Å². The molecule has 0 saturated carbocycles. The van der Waals surface area contributed by atoms with E-state index >= 15 is 0 Å².